The smallest absolute Gasteiger partial charge is 0.330 e. The van der Waals surface area contributed by atoms with Gasteiger partial charge in [0.15, 0.2) is 0 Å². The van der Waals surface area contributed by atoms with E-state index in [9.17, 15) is 14.4 Å². The molecule has 2 aromatic rings. The summed E-state index contributed by atoms with van der Waals surface area (Å²) in [5, 5.41) is 2.96. The molecular formula is C22H33N5O3. The summed E-state index contributed by atoms with van der Waals surface area (Å²) in [6.07, 6.45) is 3.07. The molecule has 1 heterocycles. The van der Waals surface area contributed by atoms with Gasteiger partial charge >= 0.3 is 5.69 Å². The van der Waals surface area contributed by atoms with Gasteiger partial charge < -0.3 is 16.0 Å². The summed E-state index contributed by atoms with van der Waals surface area (Å²) in [5.74, 6) is 0.474. The van der Waals surface area contributed by atoms with Gasteiger partial charge in [0.05, 0.1) is 13.1 Å². The Labute approximate surface area is 177 Å². The molecule has 0 aliphatic carbocycles. The standard InChI is InChI=1S/C22H33N5O3/c1-15(2)9-8-10-16(3)24-18(28)14-26(4)19-20(23)27(22(30)25-21(19)29)13-17-11-6-5-7-12-17/h5-7,11-12,15-16H,8-10,13-14,23H2,1-4H3,(H,24,28)(H,25,29,30). The van der Waals surface area contributed by atoms with E-state index in [1.807, 2.05) is 37.3 Å². The van der Waals surface area contributed by atoms with Crippen LogP contribution in [0.5, 0.6) is 0 Å². The van der Waals surface area contributed by atoms with Gasteiger partial charge in [-0.15, -0.1) is 0 Å². The highest BCUT2D eigenvalue weighted by atomic mass is 16.2. The summed E-state index contributed by atoms with van der Waals surface area (Å²) in [6.45, 7) is 6.52. The van der Waals surface area contributed by atoms with Crippen LogP contribution in [-0.2, 0) is 11.3 Å². The molecule has 30 heavy (non-hydrogen) atoms. The molecule has 2 rings (SSSR count). The molecule has 1 unspecified atom stereocenters. The molecule has 0 aliphatic heterocycles. The number of aromatic nitrogens is 2. The highest BCUT2D eigenvalue weighted by molar-refractivity contribution is 5.82. The summed E-state index contributed by atoms with van der Waals surface area (Å²) < 4.78 is 1.30. The number of carbonyl (C=O) groups is 1. The SMILES string of the molecule is CC(C)CCCC(C)NC(=O)CN(C)c1c(N)n(Cc2ccccc2)c(=O)[nH]c1=O. The maximum Gasteiger partial charge on any atom is 0.330 e. The number of rotatable bonds is 10. The first-order chi connectivity index (χ1) is 14.2. The number of H-pyrrole nitrogens is 1. The van der Waals surface area contributed by atoms with Crippen LogP contribution in [0.1, 0.15) is 45.6 Å². The fraction of sp³-hybridized carbons (Fsp3) is 0.500. The lowest BCUT2D eigenvalue weighted by Crippen LogP contribution is -2.43. The third-order valence-corrected chi connectivity index (χ3v) is 4.99. The maximum absolute atomic E-state index is 12.4. The average Bonchev–Trinajstić information content (AvgIpc) is 2.65. The van der Waals surface area contributed by atoms with E-state index in [0.29, 0.717) is 5.92 Å². The molecule has 0 saturated carbocycles. The quantitative estimate of drug-likeness (QED) is 0.549. The molecule has 0 spiro atoms. The van der Waals surface area contributed by atoms with Crippen LogP contribution in [-0.4, -0.2) is 35.1 Å². The van der Waals surface area contributed by atoms with Crippen molar-refractivity contribution in [2.75, 3.05) is 24.2 Å². The Hall–Kier alpha value is -3.03. The fourth-order valence-electron chi connectivity index (χ4n) is 3.39. The highest BCUT2D eigenvalue weighted by Gasteiger charge is 2.19. The average molecular weight is 416 g/mol. The molecular weight excluding hydrogens is 382 g/mol. The van der Waals surface area contributed by atoms with Gasteiger partial charge in [-0.2, -0.15) is 0 Å². The second-order valence-electron chi connectivity index (χ2n) is 8.21. The first kappa shape index (κ1) is 23.3. The number of hydrogen-bond donors (Lipinski definition) is 3. The Balaban J connectivity index is 2.10. The van der Waals surface area contributed by atoms with Crippen LogP contribution in [0.4, 0.5) is 11.5 Å². The normalized spacial score (nSPS) is 12.0. The van der Waals surface area contributed by atoms with Gasteiger partial charge in [0.2, 0.25) is 5.91 Å². The van der Waals surface area contributed by atoms with Gasteiger partial charge in [0, 0.05) is 13.1 Å². The van der Waals surface area contributed by atoms with Crippen molar-refractivity contribution >= 4 is 17.4 Å². The summed E-state index contributed by atoms with van der Waals surface area (Å²) >= 11 is 0. The van der Waals surface area contributed by atoms with E-state index in [1.165, 1.54) is 9.47 Å². The molecule has 0 saturated heterocycles. The summed E-state index contributed by atoms with van der Waals surface area (Å²) in [7, 11) is 1.61. The zero-order chi connectivity index (χ0) is 22.3. The van der Waals surface area contributed by atoms with Crippen molar-refractivity contribution in [1.82, 2.24) is 14.9 Å². The van der Waals surface area contributed by atoms with Crippen molar-refractivity contribution in [2.45, 2.75) is 52.6 Å². The molecule has 164 valence electrons. The van der Waals surface area contributed by atoms with Crippen LogP contribution in [0.2, 0.25) is 0 Å². The van der Waals surface area contributed by atoms with Crippen molar-refractivity contribution in [2.24, 2.45) is 5.92 Å². The molecule has 8 nitrogen and oxygen atoms in total. The second-order valence-corrected chi connectivity index (χ2v) is 8.21. The zero-order valence-electron chi connectivity index (χ0n) is 18.3. The van der Waals surface area contributed by atoms with Gasteiger partial charge in [-0.25, -0.2) is 4.79 Å². The number of likely N-dealkylation sites (N-methyl/N-ethyl adjacent to an activating group) is 1. The van der Waals surface area contributed by atoms with Crippen molar-refractivity contribution in [3.8, 4) is 0 Å². The molecule has 1 atom stereocenters. The largest absolute Gasteiger partial charge is 0.383 e. The van der Waals surface area contributed by atoms with Crippen LogP contribution >= 0.6 is 0 Å². The number of amides is 1. The predicted molar refractivity (Wildman–Crippen MR) is 121 cm³/mol. The van der Waals surface area contributed by atoms with Gasteiger partial charge in [0.1, 0.15) is 11.5 Å². The summed E-state index contributed by atoms with van der Waals surface area (Å²) in [5.41, 5.74) is 5.96. The highest BCUT2D eigenvalue weighted by Crippen LogP contribution is 2.16. The summed E-state index contributed by atoms with van der Waals surface area (Å²) in [6, 6.07) is 9.39. The van der Waals surface area contributed by atoms with Crippen LogP contribution in [0.25, 0.3) is 0 Å². The van der Waals surface area contributed by atoms with Crippen molar-refractivity contribution in [3.05, 3.63) is 56.7 Å². The first-order valence-corrected chi connectivity index (χ1v) is 10.4. The van der Waals surface area contributed by atoms with Crippen molar-refractivity contribution < 1.29 is 4.79 Å². The topological polar surface area (TPSA) is 113 Å². The number of nitrogen functional groups attached to an aromatic ring is 1. The number of anilines is 2. The minimum atomic E-state index is -0.609. The minimum Gasteiger partial charge on any atom is -0.383 e. The monoisotopic (exact) mass is 415 g/mol. The van der Waals surface area contributed by atoms with E-state index >= 15 is 0 Å². The van der Waals surface area contributed by atoms with Crippen LogP contribution < -0.4 is 27.2 Å². The van der Waals surface area contributed by atoms with E-state index in [1.54, 1.807) is 7.05 Å². The Kier molecular flexibility index (Phi) is 8.26. The molecule has 1 amide bonds. The second kappa shape index (κ2) is 10.7. The van der Waals surface area contributed by atoms with E-state index in [4.69, 9.17) is 5.73 Å². The van der Waals surface area contributed by atoms with Gasteiger partial charge in [-0.3, -0.25) is 19.1 Å². The Morgan fingerprint density at radius 1 is 1.17 bits per heavy atom. The number of carbonyl (C=O) groups excluding carboxylic acids is 1. The van der Waals surface area contributed by atoms with E-state index in [0.717, 1.165) is 24.8 Å². The minimum absolute atomic E-state index is 0.0351. The number of nitrogens with one attached hydrogen (secondary N) is 2. The lowest BCUT2D eigenvalue weighted by atomic mass is 10.0. The molecule has 0 radical (unpaired) electrons. The van der Waals surface area contributed by atoms with E-state index in [-0.39, 0.29) is 36.5 Å². The Bertz CT molecular complexity index is 949. The van der Waals surface area contributed by atoms with Gasteiger partial charge in [-0.05, 0) is 24.8 Å². The molecule has 8 heteroatoms. The maximum atomic E-state index is 12.4. The van der Waals surface area contributed by atoms with Gasteiger partial charge in [0.25, 0.3) is 5.56 Å². The van der Waals surface area contributed by atoms with Crippen LogP contribution in [0.3, 0.4) is 0 Å². The van der Waals surface area contributed by atoms with Crippen LogP contribution in [0.15, 0.2) is 39.9 Å². The first-order valence-electron chi connectivity index (χ1n) is 10.4. The van der Waals surface area contributed by atoms with E-state index in [2.05, 4.69) is 24.1 Å². The third-order valence-electron chi connectivity index (χ3n) is 4.99. The van der Waals surface area contributed by atoms with Crippen LogP contribution in [0, 0.1) is 5.92 Å². The number of nitrogens with two attached hydrogens (primary N) is 1. The lowest BCUT2D eigenvalue weighted by molar-refractivity contribution is -0.120. The summed E-state index contributed by atoms with van der Waals surface area (Å²) in [4.78, 5) is 40.9. The Morgan fingerprint density at radius 2 is 1.83 bits per heavy atom. The number of hydrogen-bond acceptors (Lipinski definition) is 5. The lowest BCUT2D eigenvalue weighted by Gasteiger charge is -2.22. The molecule has 0 fully saturated rings. The number of nitrogens with zero attached hydrogens (tertiary/aromatic N) is 2. The van der Waals surface area contributed by atoms with Crippen molar-refractivity contribution in [1.29, 1.82) is 0 Å². The molecule has 4 N–H and O–H groups in total. The molecule has 0 aliphatic rings. The molecule has 1 aromatic heterocycles. The third kappa shape index (κ3) is 6.50. The predicted octanol–water partition coefficient (Wildman–Crippen LogP) is 1.93. The number of aromatic amines is 1. The molecule has 0 bridgehead atoms. The van der Waals surface area contributed by atoms with Gasteiger partial charge in [-0.1, -0.05) is 57.0 Å². The zero-order valence-corrected chi connectivity index (χ0v) is 18.3. The fourth-order valence-corrected chi connectivity index (χ4v) is 3.39. The molecule has 1 aromatic carbocycles. The van der Waals surface area contributed by atoms with Crippen molar-refractivity contribution in [3.63, 3.8) is 0 Å². The van der Waals surface area contributed by atoms with E-state index < -0.39 is 11.2 Å². The Morgan fingerprint density at radius 3 is 2.47 bits per heavy atom. The number of benzene rings is 1.